The molecule has 0 bridgehead atoms. The highest BCUT2D eigenvalue weighted by Crippen LogP contribution is 2.27. The SMILES string of the molecule is Cc1ccc(C(C)C)c(OCCSCc2ccco2)c1. The van der Waals surface area contributed by atoms with Gasteiger partial charge in [0, 0.05) is 5.75 Å². The Labute approximate surface area is 125 Å². The highest BCUT2D eigenvalue weighted by Gasteiger charge is 2.08. The van der Waals surface area contributed by atoms with Gasteiger partial charge in [-0.1, -0.05) is 26.0 Å². The van der Waals surface area contributed by atoms with E-state index < -0.39 is 0 Å². The van der Waals surface area contributed by atoms with Gasteiger partial charge < -0.3 is 9.15 Å². The predicted molar refractivity (Wildman–Crippen MR) is 85.6 cm³/mol. The lowest BCUT2D eigenvalue weighted by Gasteiger charge is -2.14. The first kappa shape index (κ1) is 15.0. The second-order valence-corrected chi connectivity index (χ2v) is 6.28. The van der Waals surface area contributed by atoms with Gasteiger partial charge in [0.1, 0.15) is 11.5 Å². The third kappa shape index (κ3) is 4.34. The molecular weight excluding hydrogens is 268 g/mol. The molecule has 0 spiro atoms. The fourth-order valence-electron chi connectivity index (χ4n) is 2.02. The Hall–Kier alpha value is -1.35. The normalized spacial score (nSPS) is 11.0. The quantitative estimate of drug-likeness (QED) is 0.668. The summed E-state index contributed by atoms with van der Waals surface area (Å²) in [4.78, 5) is 0. The van der Waals surface area contributed by atoms with Crippen LogP contribution in [0.15, 0.2) is 41.0 Å². The minimum absolute atomic E-state index is 0.487. The molecule has 1 aromatic carbocycles. The van der Waals surface area contributed by atoms with Crippen LogP contribution in [-0.2, 0) is 5.75 Å². The molecule has 0 fully saturated rings. The van der Waals surface area contributed by atoms with Crippen molar-refractivity contribution in [3.05, 3.63) is 53.5 Å². The molecule has 0 saturated heterocycles. The van der Waals surface area contributed by atoms with Crippen LogP contribution in [0.2, 0.25) is 0 Å². The fraction of sp³-hybridized carbons (Fsp3) is 0.412. The van der Waals surface area contributed by atoms with E-state index in [-0.39, 0.29) is 0 Å². The molecular formula is C17H22O2S. The standard InChI is InChI=1S/C17H22O2S/c1-13(2)16-7-6-14(3)11-17(16)19-9-10-20-12-15-5-4-8-18-15/h4-8,11,13H,9-10,12H2,1-3H3. The Morgan fingerprint density at radius 2 is 2.10 bits per heavy atom. The summed E-state index contributed by atoms with van der Waals surface area (Å²) in [6.45, 7) is 7.23. The maximum atomic E-state index is 5.95. The van der Waals surface area contributed by atoms with Gasteiger partial charge >= 0.3 is 0 Å². The lowest BCUT2D eigenvalue weighted by Crippen LogP contribution is -2.04. The van der Waals surface area contributed by atoms with E-state index in [1.807, 2.05) is 23.9 Å². The Kier molecular flexibility index (Phi) is 5.60. The van der Waals surface area contributed by atoms with Crippen molar-refractivity contribution in [3.8, 4) is 5.75 Å². The van der Waals surface area contributed by atoms with Crippen molar-refractivity contribution in [1.29, 1.82) is 0 Å². The third-order valence-electron chi connectivity index (χ3n) is 3.10. The topological polar surface area (TPSA) is 22.4 Å². The van der Waals surface area contributed by atoms with Crippen molar-refractivity contribution in [2.24, 2.45) is 0 Å². The molecule has 0 N–H and O–H groups in total. The number of furan rings is 1. The van der Waals surface area contributed by atoms with Crippen LogP contribution in [0.25, 0.3) is 0 Å². The second kappa shape index (κ2) is 7.44. The zero-order valence-corrected chi connectivity index (χ0v) is 13.2. The number of aryl methyl sites for hydroxylation is 1. The summed E-state index contributed by atoms with van der Waals surface area (Å²) in [7, 11) is 0. The highest BCUT2D eigenvalue weighted by atomic mass is 32.2. The van der Waals surface area contributed by atoms with E-state index in [1.165, 1.54) is 11.1 Å². The minimum Gasteiger partial charge on any atom is -0.492 e. The van der Waals surface area contributed by atoms with Crippen molar-refractivity contribution in [2.45, 2.75) is 32.4 Å². The van der Waals surface area contributed by atoms with E-state index in [2.05, 4.69) is 39.0 Å². The summed E-state index contributed by atoms with van der Waals surface area (Å²) < 4.78 is 11.3. The molecule has 20 heavy (non-hydrogen) atoms. The van der Waals surface area contributed by atoms with Gasteiger partial charge in [0.25, 0.3) is 0 Å². The minimum atomic E-state index is 0.487. The Bertz CT molecular complexity index is 518. The molecule has 0 amide bonds. The van der Waals surface area contributed by atoms with Gasteiger partial charge in [0.2, 0.25) is 0 Å². The molecule has 2 aromatic rings. The molecule has 1 aromatic heterocycles. The summed E-state index contributed by atoms with van der Waals surface area (Å²) in [5, 5.41) is 0. The number of thioether (sulfide) groups is 1. The molecule has 0 aliphatic heterocycles. The van der Waals surface area contributed by atoms with E-state index in [0.29, 0.717) is 5.92 Å². The van der Waals surface area contributed by atoms with Crippen LogP contribution in [0.4, 0.5) is 0 Å². The van der Waals surface area contributed by atoms with E-state index in [1.54, 1.807) is 6.26 Å². The number of hydrogen-bond donors (Lipinski definition) is 0. The number of hydrogen-bond acceptors (Lipinski definition) is 3. The van der Waals surface area contributed by atoms with Crippen LogP contribution in [0, 0.1) is 6.92 Å². The average Bonchev–Trinajstić information content (AvgIpc) is 2.91. The first-order valence-corrected chi connectivity index (χ1v) is 8.15. The maximum absolute atomic E-state index is 5.95. The smallest absolute Gasteiger partial charge is 0.123 e. The molecule has 108 valence electrons. The maximum Gasteiger partial charge on any atom is 0.123 e. The van der Waals surface area contributed by atoms with E-state index in [4.69, 9.17) is 9.15 Å². The van der Waals surface area contributed by atoms with Gasteiger partial charge in [0.15, 0.2) is 0 Å². The van der Waals surface area contributed by atoms with Crippen LogP contribution in [-0.4, -0.2) is 12.4 Å². The molecule has 2 nitrogen and oxygen atoms in total. The molecule has 0 aliphatic carbocycles. The number of rotatable bonds is 7. The van der Waals surface area contributed by atoms with E-state index in [0.717, 1.165) is 29.6 Å². The van der Waals surface area contributed by atoms with Crippen LogP contribution in [0.1, 0.15) is 36.7 Å². The molecule has 0 radical (unpaired) electrons. The van der Waals surface area contributed by atoms with Crippen LogP contribution in [0.3, 0.4) is 0 Å². The van der Waals surface area contributed by atoms with Crippen LogP contribution < -0.4 is 4.74 Å². The average molecular weight is 290 g/mol. The largest absolute Gasteiger partial charge is 0.492 e. The van der Waals surface area contributed by atoms with Crippen molar-refractivity contribution in [1.82, 2.24) is 0 Å². The van der Waals surface area contributed by atoms with Crippen LogP contribution >= 0.6 is 11.8 Å². The van der Waals surface area contributed by atoms with Crippen molar-refractivity contribution >= 4 is 11.8 Å². The van der Waals surface area contributed by atoms with Gasteiger partial charge in [-0.3, -0.25) is 0 Å². The van der Waals surface area contributed by atoms with Gasteiger partial charge in [-0.2, -0.15) is 11.8 Å². The highest BCUT2D eigenvalue weighted by molar-refractivity contribution is 7.98. The Morgan fingerprint density at radius 1 is 1.25 bits per heavy atom. The zero-order valence-electron chi connectivity index (χ0n) is 12.4. The molecule has 0 aliphatic rings. The van der Waals surface area contributed by atoms with Crippen molar-refractivity contribution in [2.75, 3.05) is 12.4 Å². The van der Waals surface area contributed by atoms with Gasteiger partial charge in [-0.05, 0) is 42.2 Å². The van der Waals surface area contributed by atoms with E-state index >= 15 is 0 Å². The summed E-state index contributed by atoms with van der Waals surface area (Å²) >= 11 is 1.83. The van der Waals surface area contributed by atoms with Gasteiger partial charge in [-0.25, -0.2) is 0 Å². The Balaban J connectivity index is 1.80. The summed E-state index contributed by atoms with van der Waals surface area (Å²) in [5.41, 5.74) is 2.53. The molecule has 0 atom stereocenters. The number of benzene rings is 1. The number of ether oxygens (including phenoxy) is 1. The van der Waals surface area contributed by atoms with Gasteiger partial charge in [0.05, 0.1) is 18.6 Å². The van der Waals surface area contributed by atoms with E-state index in [9.17, 15) is 0 Å². The van der Waals surface area contributed by atoms with Crippen molar-refractivity contribution < 1.29 is 9.15 Å². The molecule has 0 saturated carbocycles. The molecule has 3 heteroatoms. The zero-order chi connectivity index (χ0) is 14.4. The molecule has 1 heterocycles. The predicted octanol–water partition coefficient (Wildman–Crippen LogP) is 5.02. The second-order valence-electron chi connectivity index (χ2n) is 5.18. The van der Waals surface area contributed by atoms with Gasteiger partial charge in [-0.15, -0.1) is 0 Å². The van der Waals surface area contributed by atoms with Crippen molar-refractivity contribution in [3.63, 3.8) is 0 Å². The molecule has 2 rings (SSSR count). The fourth-order valence-corrected chi connectivity index (χ4v) is 2.73. The van der Waals surface area contributed by atoms with Crippen LogP contribution in [0.5, 0.6) is 5.75 Å². The molecule has 0 unspecified atom stereocenters. The first-order chi connectivity index (χ1) is 9.66. The lowest BCUT2D eigenvalue weighted by molar-refractivity contribution is 0.338. The lowest BCUT2D eigenvalue weighted by atomic mass is 10.0. The third-order valence-corrected chi connectivity index (χ3v) is 4.04. The monoisotopic (exact) mass is 290 g/mol. The first-order valence-electron chi connectivity index (χ1n) is 7.00. The summed E-state index contributed by atoms with van der Waals surface area (Å²) in [5.74, 6) is 4.40. The Morgan fingerprint density at radius 3 is 2.80 bits per heavy atom. The summed E-state index contributed by atoms with van der Waals surface area (Å²) in [6, 6.07) is 10.4. The summed E-state index contributed by atoms with van der Waals surface area (Å²) in [6.07, 6.45) is 1.72.